The van der Waals surface area contributed by atoms with Gasteiger partial charge in [0.1, 0.15) is 29.3 Å². The van der Waals surface area contributed by atoms with E-state index in [9.17, 15) is 28.0 Å². The van der Waals surface area contributed by atoms with Crippen molar-refractivity contribution in [3.05, 3.63) is 105 Å². The van der Waals surface area contributed by atoms with Crippen molar-refractivity contribution in [1.82, 2.24) is 29.6 Å². The average Bonchev–Trinajstić information content (AvgIpc) is 3.78. The molecule has 1 aliphatic rings. The van der Waals surface area contributed by atoms with Crippen LogP contribution in [0.2, 0.25) is 0 Å². The third-order valence-corrected chi connectivity index (χ3v) is 9.24. The van der Waals surface area contributed by atoms with E-state index in [1.54, 1.807) is 30.3 Å². The quantitative estimate of drug-likeness (QED) is 0.196. The first-order valence-electron chi connectivity index (χ1n) is 16.3. The predicted octanol–water partition coefficient (Wildman–Crippen LogP) is 5.78. The minimum absolute atomic E-state index is 0.0425. The van der Waals surface area contributed by atoms with Gasteiger partial charge in [0.25, 0.3) is 11.5 Å². The molecule has 0 radical (unpaired) electrons. The molecule has 0 spiro atoms. The van der Waals surface area contributed by atoms with Gasteiger partial charge in [0.2, 0.25) is 0 Å². The fraction of sp³-hybridized carbons (Fsp3) is 0.361. The Kier molecular flexibility index (Phi) is 9.28. The summed E-state index contributed by atoms with van der Waals surface area (Å²) in [5.74, 6) is 0.594. The zero-order valence-electron chi connectivity index (χ0n) is 28.2. The van der Waals surface area contributed by atoms with Crippen molar-refractivity contribution in [1.29, 1.82) is 5.26 Å². The van der Waals surface area contributed by atoms with Crippen LogP contribution in [0.4, 0.5) is 13.2 Å². The fourth-order valence-electron chi connectivity index (χ4n) is 7.02. The molecule has 0 saturated heterocycles. The number of carbonyl (C=O) groups excluding carboxylic acids is 1. The molecule has 1 N–H and O–H groups in total. The highest BCUT2D eigenvalue weighted by molar-refractivity contribution is 6.00. The first-order valence-corrected chi connectivity index (χ1v) is 16.3. The van der Waals surface area contributed by atoms with Gasteiger partial charge in [-0.2, -0.15) is 23.5 Å². The topological polar surface area (TPSA) is 124 Å². The Morgan fingerprint density at radius 1 is 1.06 bits per heavy atom. The maximum absolute atomic E-state index is 14.2. The number of benzene rings is 2. The highest BCUT2D eigenvalue weighted by atomic mass is 19.4. The smallest absolute Gasteiger partial charge is 0.361 e. The van der Waals surface area contributed by atoms with Crippen molar-refractivity contribution < 1.29 is 27.0 Å². The van der Waals surface area contributed by atoms with Crippen molar-refractivity contribution >= 4 is 5.91 Å². The number of alkyl halides is 3. The second-order valence-electron chi connectivity index (χ2n) is 13.6. The van der Waals surface area contributed by atoms with E-state index in [2.05, 4.69) is 35.7 Å². The summed E-state index contributed by atoms with van der Waals surface area (Å²) in [4.78, 5) is 28.3. The molecule has 1 fully saturated rings. The van der Waals surface area contributed by atoms with Gasteiger partial charge in [-0.05, 0) is 81.1 Å². The number of rotatable bonds is 9. The zero-order valence-corrected chi connectivity index (χ0v) is 28.2. The molecule has 1 saturated carbocycles. The van der Waals surface area contributed by atoms with Gasteiger partial charge in [0, 0.05) is 25.1 Å². The SMILES string of the molecule is Cc1cc(C[N+](C)(C)CC2CCC(NC(=O)c3c(-c4ccnn4-c4ccc(C#N)cc4)n(C)n(-c4cccc(C(F)(F)F)c4)c3=O)CC2)no1. The lowest BCUT2D eigenvalue weighted by atomic mass is 9.85. The van der Waals surface area contributed by atoms with E-state index in [4.69, 9.17) is 4.52 Å². The average molecular weight is 688 g/mol. The summed E-state index contributed by atoms with van der Waals surface area (Å²) < 4.78 is 51.0. The van der Waals surface area contributed by atoms with Gasteiger partial charge < -0.3 is 14.3 Å². The van der Waals surface area contributed by atoms with Gasteiger partial charge >= 0.3 is 6.18 Å². The summed E-state index contributed by atoms with van der Waals surface area (Å²) >= 11 is 0. The number of halogens is 3. The number of carbonyl (C=O) groups is 1. The van der Waals surface area contributed by atoms with Crippen LogP contribution in [0.3, 0.4) is 0 Å². The number of nitrogens with zero attached hydrogens (tertiary/aromatic N) is 7. The molecule has 11 nitrogen and oxygen atoms in total. The molecule has 5 aromatic rings. The second kappa shape index (κ2) is 13.5. The van der Waals surface area contributed by atoms with Gasteiger partial charge in [0.15, 0.2) is 0 Å². The fourth-order valence-corrected chi connectivity index (χ4v) is 7.02. The van der Waals surface area contributed by atoms with Crippen LogP contribution in [0.1, 0.15) is 58.6 Å². The van der Waals surface area contributed by atoms with Gasteiger partial charge in [-0.3, -0.25) is 14.3 Å². The first kappa shape index (κ1) is 34.4. The van der Waals surface area contributed by atoms with E-state index in [1.165, 1.54) is 34.7 Å². The number of aromatic nitrogens is 5. The molecule has 1 aliphatic carbocycles. The Morgan fingerprint density at radius 2 is 1.78 bits per heavy atom. The molecular weight excluding hydrogens is 649 g/mol. The normalized spacial score (nSPS) is 16.7. The Morgan fingerprint density at radius 3 is 2.42 bits per heavy atom. The van der Waals surface area contributed by atoms with Crippen LogP contribution in [0.15, 0.2) is 76.2 Å². The lowest BCUT2D eigenvalue weighted by Gasteiger charge is -2.36. The monoisotopic (exact) mass is 687 g/mol. The highest BCUT2D eigenvalue weighted by Gasteiger charge is 2.34. The van der Waals surface area contributed by atoms with E-state index in [-0.39, 0.29) is 23.0 Å². The van der Waals surface area contributed by atoms with Crippen LogP contribution < -0.4 is 10.9 Å². The number of hydrogen-bond acceptors (Lipinski definition) is 6. The van der Waals surface area contributed by atoms with Crippen molar-refractivity contribution in [2.24, 2.45) is 13.0 Å². The van der Waals surface area contributed by atoms with Gasteiger partial charge in [-0.1, -0.05) is 11.2 Å². The van der Waals surface area contributed by atoms with Crippen LogP contribution in [0.25, 0.3) is 22.8 Å². The molecule has 260 valence electrons. The Hall–Kier alpha value is -5.42. The van der Waals surface area contributed by atoms with Gasteiger partial charge in [0.05, 0.1) is 61.1 Å². The first-order chi connectivity index (χ1) is 23.7. The van der Waals surface area contributed by atoms with E-state index >= 15 is 0 Å². The van der Waals surface area contributed by atoms with Gasteiger partial charge in [-0.25, -0.2) is 9.36 Å². The van der Waals surface area contributed by atoms with Crippen LogP contribution in [-0.2, 0) is 19.8 Å². The number of hydrogen-bond donors (Lipinski definition) is 1. The minimum atomic E-state index is -4.63. The maximum atomic E-state index is 14.2. The van der Waals surface area contributed by atoms with E-state index in [0.29, 0.717) is 35.7 Å². The standard InChI is InChI=1S/C36H37F3N8O3/c1-23-18-28(43-50-23)22-47(3,4)21-25-8-12-27(13-9-25)42-34(48)32-33(31-16-17-41-45(31)29-14-10-24(20-40)11-15-29)44(2)46(35(32)49)30-7-5-6-26(19-30)36(37,38)39/h5-7,10-11,14-19,25,27H,8-9,12-13,21-22H2,1-4H3/p+1. The zero-order chi connectivity index (χ0) is 35.8. The molecule has 0 aliphatic heterocycles. The summed E-state index contributed by atoms with van der Waals surface area (Å²) in [6.07, 6.45) is 0.0634. The molecular formula is C36H38F3N8O3+. The largest absolute Gasteiger partial charge is 0.416 e. The third-order valence-electron chi connectivity index (χ3n) is 9.24. The third kappa shape index (κ3) is 7.13. The van der Waals surface area contributed by atoms with Crippen molar-refractivity contribution in [2.75, 3.05) is 20.6 Å². The summed E-state index contributed by atoms with van der Waals surface area (Å²) in [6, 6.07) is 16.5. The summed E-state index contributed by atoms with van der Waals surface area (Å²) in [7, 11) is 5.84. The Labute approximate surface area is 286 Å². The second-order valence-corrected chi connectivity index (χ2v) is 13.6. The molecule has 3 aromatic heterocycles. The summed E-state index contributed by atoms with van der Waals surface area (Å²) in [5.41, 5.74) is 0.529. The van der Waals surface area contributed by atoms with Crippen molar-refractivity contribution in [3.63, 3.8) is 0 Å². The van der Waals surface area contributed by atoms with E-state index < -0.39 is 23.2 Å². The minimum Gasteiger partial charge on any atom is -0.361 e. The highest BCUT2D eigenvalue weighted by Crippen LogP contribution is 2.32. The van der Waals surface area contributed by atoms with Crippen LogP contribution in [0.5, 0.6) is 0 Å². The number of quaternary nitrogens is 1. The lowest BCUT2D eigenvalue weighted by molar-refractivity contribution is -0.907. The molecule has 0 atom stereocenters. The van der Waals surface area contributed by atoms with Crippen molar-refractivity contribution in [2.45, 2.75) is 51.4 Å². The number of nitriles is 1. The predicted molar refractivity (Wildman–Crippen MR) is 178 cm³/mol. The van der Waals surface area contributed by atoms with Crippen LogP contribution in [-0.4, -0.2) is 61.4 Å². The maximum Gasteiger partial charge on any atom is 0.416 e. The van der Waals surface area contributed by atoms with E-state index in [0.717, 1.165) is 58.7 Å². The molecule has 50 heavy (non-hydrogen) atoms. The number of nitrogens with one attached hydrogen (secondary N) is 1. The number of amides is 1. The molecule has 1 amide bonds. The van der Waals surface area contributed by atoms with Crippen LogP contribution in [0, 0.1) is 24.2 Å². The summed E-state index contributed by atoms with van der Waals surface area (Å²) in [6.45, 7) is 3.54. The van der Waals surface area contributed by atoms with E-state index in [1.807, 2.05) is 13.0 Å². The van der Waals surface area contributed by atoms with Gasteiger partial charge in [-0.15, -0.1) is 0 Å². The Bertz CT molecular complexity index is 2110. The lowest BCUT2D eigenvalue weighted by Crippen LogP contribution is -2.45. The Balaban J connectivity index is 1.30. The molecule has 3 heterocycles. The molecule has 0 unspecified atom stereocenters. The molecule has 2 aromatic carbocycles. The van der Waals surface area contributed by atoms with Crippen molar-refractivity contribution in [3.8, 4) is 28.8 Å². The number of aryl methyl sites for hydroxylation is 1. The molecule has 14 heteroatoms. The molecule has 0 bridgehead atoms. The summed E-state index contributed by atoms with van der Waals surface area (Å²) in [5, 5.41) is 20.9. The van der Waals surface area contributed by atoms with Crippen LogP contribution >= 0.6 is 0 Å². The molecule has 6 rings (SSSR count).